The lowest BCUT2D eigenvalue weighted by Crippen LogP contribution is -2.02. The molecule has 3 rings (SSSR count). The second-order valence-corrected chi connectivity index (χ2v) is 5.91. The maximum absolute atomic E-state index is 14.0. The van der Waals surface area contributed by atoms with E-state index < -0.39 is 0 Å². The van der Waals surface area contributed by atoms with Gasteiger partial charge in [0.2, 0.25) is 0 Å². The Hall–Kier alpha value is -1.73. The van der Waals surface area contributed by atoms with Crippen molar-refractivity contribution < 1.29 is 4.39 Å². The van der Waals surface area contributed by atoms with Crippen LogP contribution in [0.15, 0.2) is 46.8 Å². The first-order valence-electron chi connectivity index (χ1n) is 5.84. The van der Waals surface area contributed by atoms with Gasteiger partial charge in [0.15, 0.2) is 5.82 Å². The van der Waals surface area contributed by atoms with Crippen LogP contribution in [0.5, 0.6) is 0 Å². The quantitative estimate of drug-likeness (QED) is 0.775. The van der Waals surface area contributed by atoms with Crippen molar-refractivity contribution in [3.63, 3.8) is 0 Å². The number of nitrogens with zero attached hydrogens (tertiary/aromatic N) is 3. The predicted molar refractivity (Wildman–Crippen MR) is 80.7 cm³/mol. The summed E-state index contributed by atoms with van der Waals surface area (Å²) in [5.41, 5.74) is 1.11. The van der Waals surface area contributed by atoms with E-state index in [4.69, 9.17) is 0 Å². The zero-order valence-electron chi connectivity index (χ0n) is 10.3. The summed E-state index contributed by atoms with van der Waals surface area (Å²) in [6.07, 6.45) is 2.84. The Morgan fingerprint density at radius 2 is 2.25 bits per heavy atom. The Bertz CT molecular complexity index is 711. The number of halogens is 2. The molecule has 0 unspecified atom stereocenters. The van der Waals surface area contributed by atoms with E-state index in [-0.39, 0.29) is 5.82 Å². The highest BCUT2D eigenvalue weighted by molar-refractivity contribution is 9.10. The third-order valence-corrected chi connectivity index (χ3v) is 4.68. The molecule has 0 atom stereocenters. The SMILES string of the molecule is Fc1cc(NCc2sccc2Br)ccc1-n1cncn1. The minimum Gasteiger partial charge on any atom is -0.380 e. The van der Waals surface area contributed by atoms with Crippen molar-refractivity contribution in [2.24, 2.45) is 0 Å². The van der Waals surface area contributed by atoms with Gasteiger partial charge in [-0.1, -0.05) is 0 Å². The van der Waals surface area contributed by atoms with E-state index in [1.807, 2.05) is 17.5 Å². The molecule has 0 amide bonds. The topological polar surface area (TPSA) is 42.7 Å². The van der Waals surface area contributed by atoms with Crippen molar-refractivity contribution in [1.29, 1.82) is 0 Å². The molecule has 0 spiro atoms. The molecule has 2 heterocycles. The van der Waals surface area contributed by atoms with Crippen LogP contribution in [0.2, 0.25) is 0 Å². The third kappa shape index (κ3) is 2.73. The van der Waals surface area contributed by atoms with Crippen molar-refractivity contribution in [3.8, 4) is 5.69 Å². The van der Waals surface area contributed by atoms with Crippen LogP contribution >= 0.6 is 27.3 Å². The van der Waals surface area contributed by atoms with Gasteiger partial charge in [0.05, 0.1) is 6.54 Å². The highest BCUT2D eigenvalue weighted by atomic mass is 79.9. The average molecular weight is 353 g/mol. The van der Waals surface area contributed by atoms with Gasteiger partial charge in [0, 0.05) is 15.0 Å². The van der Waals surface area contributed by atoms with E-state index in [9.17, 15) is 4.39 Å². The fourth-order valence-corrected chi connectivity index (χ4v) is 3.20. The van der Waals surface area contributed by atoms with E-state index in [1.165, 1.54) is 28.3 Å². The first kappa shape index (κ1) is 13.3. The summed E-state index contributed by atoms with van der Waals surface area (Å²) in [7, 11) is 0. The molecule has 0 radical (unpaired) electrons. The Balaban J connectivity index is 1.76. The van der Waals surface area contributed by atoms with Gasteiger partial charge in [-0.3, -0.25) is 0 Å². The van der Waals surface area contributed by atoms with Crippen LogP contribution in [0.4, 0.5) is 10.1 Å². The molecule has 2 aromatic heterocycles. The second-order valence-electron chi connectivity index (χ2n) is 4.05. The van der Waals surface area contributed by atoms with Gasteiger partial charge in [0.25, 0.3) is 0 Å². The summed E-state index contributed by atoms with van der Waals surface area (Å²) in [6, 6.07) is 6.95. The van der Waals surface area contributed by atoms with Gasteiger partial charge < -0.3 is 5.32 Å². The molecule has 0 aliphatic rings. The van der Waals surface area contributed by atoms with Crippen LogP contribution in [0.3, 0.4) is 0 Å². The molecular formula is C13H10BrFN4S. The molecule has 4 nitrogen and oxygen atoms in total. The van der Waals surface area contributed by atoms with E-state index in [0.717, 1.165) is 10.2 Å². The van der Waals surface area contributed by atoms with Crippen LogP contribution in [-0.2, 0) is 6.54 Å². The smallest absolute Gasteiger partial charge is 0.150 e. The van der Waals surface area contributed by atoms with E-state index >= 15 is 0 Å². The van der Waals surface area contributed by atoms with Gasteiger partial charge >= 0.3 is 0 Å². The molecule has 0 bridgehead atoms. The van der Waals surface area contributed by atoms with Crippen molar-refractivity contribution in [2.45, 2.75) is 6.54 Å². The summed E-state index contributed by atoms with van der Waals surface area (Å²) in [5.74, 6) is -0.342. The predicted octanol–water partition coefficient (Wildman–Crippen LogP) is 3.84. The minimum atomic E-state index is -0.342. The molecule has 1 aromatic carbocycles. The van der Waals surface area contributed by atoms with E-state index in [0.29, 0.717) is 12.2 Å². The van der Waals surface area contributed by atoms with Crippen LogP contribution in [0.25, 0.3) is 5.69 Å². The number of anilines is 1. The Kier molecular flexibility index (Phi) is 3.79. The summed E-state index contributed by atoms with van der Waals surface area (Å²) < 4.78 is 16.5. The Morgan fingerprint density at radius 1 is 1.35 bits per heavy atom. The van der Waals surface area contributed by atoms with Crippen molar-refractivity contribution in [1.82, 2.24) is 14.8 Å². The van der Waals surface area contributed by atoms with Gasteiger partial charge in [-0.15, -0.1) is 11.3 Å². The maximum atomic E-state index is 14.0. The molecular weight excluding hydrogens is 343 g/mol. The third-order valence-electron chi connectivity index (χ3n) is 2.76. The van der Waals surface area contributed by atoms with Crippen LogP contribution < -0.4 is 5.32 Å². The number of thiophene rings is 1. The van der Waals surface area contributed by atoms with Crippen LogP contribution in [-0.4, -0.2) is 14.8 Å². The highest BCUT2D eigenvalue weighted by Crippen LogP contribution is 2.24. The van der Waals surface area contributed by atoms with E-state index in [2.05, 4.69) is 31.3 Å². The molecule has 20 heavy (non-hydrogen) atoms. The van der Waals surface area contributed by atoms with Gasteiger partial charge in [-0.25, -0.2) is 14.1 Å². The standard InChI is InChI=1S/C13H10BrFN4S/c14-10-3-4-20-13(10)6-17-9-1-2-12(11(15)5-9)19-8-16-7-18-19/h1-5,7-8,17H,6H2. The normalized spacial score (nSPS) is 10.7. The number of rotatable bonds is 4. The second kappa shape index (κ2) is 5.72. The zero-order chi connectivity index (χ0) is 13.9. The van der Waals surface area contributed by atoms with Crippen LogP contribution in [0, 0.1) is 5.82 Å². The van der Waals surface area contributed by atoms with Gasteiger partial charge in [-0.05, 0) is 45.6 Å². The first-order valence-corrected chi connectivity index (χ1v) is 7.51. The molecule has 7 heteroatoms. The molecule has 0 saturated carbocycles. The number of benzene rings is 1. The number of hydrogen-bond acceptors (Lipinski definition) is 4. The summed E-state index contributed by atoms with van der Waals surface area (Å²) in [4.78, 5) is 4.98. The van der Waals surface area contributed by atoms with Crippen molar-refractivity contribution in [3.05, 3.63) is 57.5 Å². The molecule has 0 aliphatic carbocycles. The lowest BCUT2D eigenvalue weighted by molar-refractivity contribution is 0.611. The molecule has 0 saturated heterocycles. The lowest BCUT2D eigenvalue weighted by Gasteiger charge is -2.08. The van der Waals surface area contributed by atoms with Gasteiger partial charge in [0.1, 0.15) is 18.3 Å². The minimum absolute atomic E-state index is 0.342. The van der Waals surface area contributed by atoms with Gasteiger partial charge in [-0.2, -0.15) is 5.10 Å². The molecule has 3 aromatic rings. The number of hydrogen-bond donors (Lipinski definition) is 1. The van der Waals surface area contributed by atoms with Crippen LogP contribution in [0.1, 0.15) is 4.88 Å². The fraction of sp³-hybridized carbons (Fsp3) is 0.0769. The number of aromatic nitrogens is 3. The van der Waals surface area contributed by atoms with Crippen molar-refractivity contribution in [2.75, 3.05) is 5.32 Å². The average Bonchev–Trinajstić information content (AvgIpc) is 3.08. The molecule has 102 valence electrons. The fourth-order valence-electron chi connectivity index (χ4n) is 1.77. The first-order chi connectivity index (χ1) is 9.74. The zero-order valence-corrected chi connectivity index (χ0v) is 12.7. The number of nitrogens with one attached hydrogen (secondary N) is 1. The van der Waals surface area contributed by atoms with E-state index in [1.54, 1.807) is 17.4 Å². The summed E-state index contributed by atoms with van der Waals surface area (Å²) >= 11 is 5.12. The summed E-state index contributed by atoms with van der Waals surface area (Å²) in [6.45, 7) is 0.653. The largest absolute Gasteiger partial charge is 0.380 e. The highest BCUT2D eigenvalue weighted by Gasteiger charge is 2.07. The molecule has 1 N–H and O–H groups in total. The lowest BCUT2D eigenvalue weighted by atomic mass is 10.2. The Morgan fingerprint density at radius 3 is 2.90 bits per heavy atom. The maximum Gasteiger partial charge on any atom is 0.150 e. The molecule has 0 fully saturated rings. The Labute approximate surface area is 127 Å². The molecule has 0 aliphatic heterocycles. The summed E-state index contributed by atoms with van der Waals surface area (Å²) in [5, 5.41) is 9.12. The van der Waals surface area contributed by atoms with Crippen molar-refractivity contribution >= 4 is 33.0 Å². The monoisotopic (exact) mass is 352 g/mol.